The van der Waals surface area contributed by atoms with Gasteiger partial charge in [0.25, 0.3) is 0 Å². The zero-order valence-corrected chi connectivity index (χ0v) is 7.05. The van der Waals surface area contributed by atoms with Crippen molar-refractivity contribution < 1.29 is 4.74 Å². The lowest BCUT2D eigenvalue weighted by atomic mass is 10.2. The van der Waals surface area contributed by atoms with Crippen LogP contribution in [0.4, 0.5) is 0 Å². The van der Waals surface area contributed by atoms with Crippen LogP contribution in [0, 0.1) is 0 Å². The van der Waals surface area contributed by atoms with Crippen LogP contribution in [0.15, 0.2) is 12.2 Å². The van der Waals surface area contributed by atoms with E-state index in [0.717, 1.165) is 6.42 Å². The van der Waals surface area contributed by atoms with Crippen molar-refractivity contribution in [2.75, 3.05) is 0 Å². The fourth-order valence-electron chi connectivity index (χ4n) is 1.16. The van der Waals surface area contributed by atoms with E-state index in [4.69, 9.17) is 4.74 Å². The Morgan fingerprint density at radius 3 is 2.50 bits per heavy atom. The van der Waals surface area contributed by atoms with Gasteiger partial charge < -0.3 is 4.74 Å². The maximum Gasteiger partial charge on any atom is 0.0765 e. The first-order valence-corrected chi connectivity index (χ1v) is 3.92. The molecule has 0 aliphatic heterocycles. The van der Waals surface area contributed by atoms with E-state index in [9.17, 15) is 0 Å². The molecule has 1 aliphatic carbocycles. The molecule has 1 rings (SSSR count). The molecule has 0 radical (unpaired) electrons. The topological polar surface area (TPSA) is 9.23 Å². The van der Waals surface area contributed by atoms with Crippen LogP contribution >= 0.6 is 0 Å². The number of hydrogen-bond acceptors (Lipinski definition) is 1. The van der Waals surface area contributed by atoms with E-state index in [-0.39, 0.29) is 5.60 Å². The van der Waals surface area contributed by atoms with Gasteiger partial charge in [0.1, 0.15) is 0 Å². The van der Waals surface area contributed by atoms with Crippen molar-refractivity contribution in [3.8, 4) is 0 Å². The molecule has 0 N–H and O–H groups in total. The first-order chi connectivity index (χ1) is 4.58. The normalized spacial score (nSPS) is 25.7. The second kappa shape index (κ2) is 2.75. The van der Waals surface area contributed by atoms with E-state index in [1.54, 1.807) is 0 Å². The van der Waals surface area contributed by atoms with Crippen molar-refractivity contribution in [1.29, 1.82) is 0 Å². The number of hydrogen-bond donors (Lipinski definition) is 0. The van der Waals surface area contributed by atoms with E-state index in [1.807, 2.05) is 0 Å². The zero-order valence-electron chi connectivity index (χ0n) is 7.05. The van der Waals surface area contributed by atoms with Crippen molar-refractivity contribution >= 4 is 0 Å². The van der Waals surface area contributed by atoms with Crippen LogP contribution in [0.3, 0.4) is 0 Å². The van der Waals surface area contributed by atoms with Crippen LogP contribution in [0.25, 0.3) is 0 Å². The van der Waals surface area contributed by atoms with E-state index < -0.39 is 0 Å². The molecular weight excluding hydrogens is 124 g/mol. The fraction of sp³-hybridized carbons (Fsp3) is 0.778. The summed E-state index contributed by atoms with van der Waals surface area (Å²) in [6.45, 7) is 6.29. The van der Waals surface area contributed by atoms with Gasteiger partial charge in [-0.2, -0.15) is 0 Å². The Balaban J connectivity index is 2.31. The maximum atomic E-state index is 5.71. The minimum Gasteiger partial charge on any atom is -0.369 e. The van der Waals surface area contributed by atoms with Gasteiger partial charge in [-0.05, 0) is 33.6 Å². The van der Waals surface area contributed by atoms with Crippen molar-refractivity contribution in [2.45, 2.75) is 45.3 Å². The second-order valence-electron chi connectivity index (χ2n) is 3.77. The summed E-state index contributed by atoms with van der Waals surface area (Å²) in [6.07, 6.45) is 7.07. The molecule has 1 atom stereocenters. The van der Waals surface area contributed by atoms with Crippen molar-refractivity contribution in [3.05, 3.63) is 12.2 Å². The Morgan fingerprint density at radius 2 is 2.10 bits per heavy atom. The van der Waals surface area contributed by atoms with Crippen LogP contribution in [0.2, 0.25) is 0 Å². The number of rotatable bonds is 1. The summed E-state index contributed by atoms with van der Waals surface area (Å²) < 4.78 is 5.71. The predicted octanol–water partition coefficient (Wildman–Crippen LogP) is 2.52. The third-order valence-corrected chi connectivity index (χ3v) is 1.47. The first-order valence-electron chi connectivity index (χ1n) is 3.92. The molecule has 0 saturated carbocycles. The quantitative estimate of drug-likeness (QED) is 0.508. The van der Waals surface area contributed by atoms with Crippen molar-refractivity contribution in [2.24, 2.45) is 0 Å². The van der Waals surface area contributed by atoms with E-state index >= 15 is 0 Å². The van der Waals surface area contributed by atoms with Gasteiger partial charge in [-0.1, -0.05) is 12.2 Å². The van der Waals surface area contributed by atoms with E-state index in [0.29, 0.717) is 6.10 Å². The standard InChI is InChI=1S/C9H16O/c1-9(2,3)10-8-6-4-5-7-8/h4,6,8H,5,7H2,1-3H3. The first kappa shape index (κ1) is 7.80. The number of ether oxygens (including phenoxy) is 1. The predicted molar refractivity (Wildman–Crippen MR) is 43.0 cm³/mol. The average molecular weight is 140 g/mol. The van der Waals surface area contributed by atoms with Crippen LogP contribution in [-0.4, -0.2) is 11.7 Å². The molecule has 58 valence electrons. The molecule has 0 aromatic carbocycles. The highest BCUT2D eigenvalue weighted by Gasteiger charge is 2.17. The van der Waals surface area contributed by atoms with E-state index in [2.05, 4.69) is 32.9 Å². The lowest BCUT2D eigenvalue weighted by molar-refractivity contribution is -0.0373. The van der Waals surface area contributed by atoms with Crippen molar-refractivity contribution in [1.82, 2.24) is 0 Å². The highest BCUT2D eigenvalue weighted by atomic mass is 16.5. The lowest BCUT2D eigenvalue weighted by Crippen LogP contribution is -2.24. The van der Waals surface area contributed by atoms with Gasteiger partial charge in [0.15, 0.2) is 0 Å². The van der Waals surface area contributed by atoms with Crippen LogP contribution in [0.5, 0.6) is 0 Å². The molecule has 1 heteroatoms. The molecule has 1 aliphatic rings. The van der Waals surface area contributed by atoms with Crippen molar-refractivity contribution in [3.63, 3.8) is 0 Å². The molecule has 0 aromatic rings. The molecule has 0 spiro atoms. The molecule has 0 aromatic heterocycles. The Labute approximate surface area is 63.1 Å². The van der Waals surface area contributed by atoms with Gasteiger partial charge >= 0.3 is 0 Å². The largest absolute Gasteiger partial charge is 0.369 e. The molecule has 0 amide bonds. The SMILES string of the molecule is CC(C)(C)OC1C=CCC1. The summed E-state index contributed by atoms with van der Waals surface area (Å²) >= 11 is 0. The Bertz CT molecular complexity index is 130. The van der Waals surface area contributed by atoms with Gasteiger partial charge in [0, 0.05) is 0 Å². The molecule has 0 heterocycles. The monoisotopic (exact) mass is 140 g/mol. The smallest absolute Gasteiger partial charge is 0.0765 e. The van der Waals surface area contributed by atoms with E-state index in [1.165, 1.54) is 6.42 Å². The van der Waals surface area contributed by atoms with Crippen LogP contribution in [0.1, 0.15) is 33.6 Å². The minimum atomic E-state index is 0.0132. The molecule has 1 unspecified atom stereocenters. The summed E-state index contributed by atoms with van der Waals surface area (Å²) in [5.74, 6) is 0. The highest BCUT2D eigenvalue weighted by molar-refractivity contribution is 4.98. The van der Waals surface area contributed by atoms with Gasteiger partial charge in [0.05, 0.1) is 11.7 Å². The van der Waals surface area contributed by atoms with Gasteiger partial charge in [-0.25, -0.2) is 0 Å². The summed E-state index contributed by atoms with van der Waals surface area (Å²) in [7, 11) is 0. The summed E-state index contributed by atoms with van der Waals surface area (Å²) in [4.78, 5) is 0. The third kappa shape index (κ3) is 2.53. The minimum absolute atomic E-state index is 0.0132. The molecular formula is C9H16O. The Hall–Kier alpha value is -0.300. The lowest BCUT2D eigenvalue weighted by Gasteiger charge is -2.23. The van der Waals surface area contributed by atoms with Crippen LogP contribution < -0.4 is 0 Å². The summed E-state index contributed by atoms with van der Waals surface area (Å²) in [5.41, 5.74) is 0.0132. The molecule has 0 saturated heterocycles. The van der Waals surface area contributed by atoms with Crippen LogP contribution in [-0.2, 0) is 4.74 Å². The van der Waals surface area contributed by atoms with Gasteiger partial charge in [0.2, 0.25) is 0 Å². The Morgan fingerprint density at radius 1 is 1.40 bits per heavy atom. The summed E-state index contributed by atoms with van der Waals surface area (Å²) in [6, 6.07) is 0. The van der Waals surface area contributed by atoms with Gasteiger partial charge in [-0.3, -0.25) is 0 Å². The third-order valence-electron chi connectivity index (χ3n) is 1.47. The fourth-order valence-corrected chi connectivity index (χ4v) is 1.16. The maximum absolute atomic E-state index is 5.71. The van der Waals surface area contributed by atoms with Gasteiger partial charge in [-0.15, -0.1) is 0 Å². The second-order valence-corrected chi connectivity index (χ2v) is 3.77. The summed E-state index contributed by atoms with van der Waals surface area (Å²) in [5, 5.41) is 0. The molecule has 0 bridgehead atoms. The number of allylic oxidation sites excluding steroid dienone is 1. The Kier molecular flexibility index (Phi) is 2.14. The zero-order chi connectivity index (χ0) is 7.61. The molecule has 1 nitrogen and oxygen atoms in total. The molecule has 10 heavy (non-hydrogen) atoms. The molecule has 0 fully saturated rings. The average Bonchev–Trinajstić information content (AvgIpc) is 2.12. The highest BCUT2D eigenvalue weighted by Crippen LogP contribution is 2.19.